The van der Waals surface area contributed by atoms with E-state index in [-0.39, 0.29) is 0 Å². The summed E-state index contributed by atoms with van der Waals surface area (Å²) in [5.41, 5.74) is 0. The van der Waals surface area contributed by atoms with Crippen LogP contribution in [0.1, 0.15) is 40.5 Å². The molecule has 1 fully saturated rings. The minimum absolute atomic E-state index is 0.667. The van der Waals surface area contributed by atoms with E-state index in [0.717, 1.165) is 19.1 Å². The molecule has 0 unspecified atom stereocenters. The molecule has 0 aromatic carbocycles. The molecule has 0 aliphatic carbocycles. The molecule has 2 nitrogen and oxygen atoms in total. The van der Waals surface area contributed by atoms with E-state index in [1.165, 1.54) is 25.9 Å². The fourth-order valence-electron chi connectivity index (χ4n) is 2.11. The number of likely N-dealkylation sites (tertiary alicyclic amines) is 1. The smallest absolute Gasteiger partial charge is 0.0495 e. The van der Waals surface area contributed by atoms with Gasteiger partial charge in [0.25, 0.3) is 0 Å². The monoisotopic (exact) mass is 213 g/mol. The topological polar surface area (TPSA) is 12.5 Å². The molecular weight excluding hydrogens is 186 g/mol. The van der Waals surface area contributed by atoms with Crippen LogP contribution < -0.4 is 0 Å². The Balaban J connectivity index is 2.09. The minimum atomic E-state index is 0.667. The SMILES string of the molecule is CC(C)COCC1CCN(C(C)C)CC1. The van der Waals surface area contributed by atoms with Crippen molar-refractivity contribution in [3.8, 4) is 0 Å². The van der Waals surface area contributed by atoms with E-state index in [2.05, 4.69) is 32.6 Å². The lowest BCUT2D eigenvalue weighted by Gasteiger charge is -2.34. The molecule has 1 rings (SSSR count). The van der Waals surface area contributed by atoms with Gasteiger partial charge in [0.1, 0.15) is 0 Å². The number of ether oxygens (including phenoxy) is 1. The van der Waals surface area contributed by atoms with Gasteiger partial charge in [0.05, 0.1) is 0 Å². The predicted molar refractivity (Wildman–Crippen MR) is 65.1 cm³/mol. The second-order valence-electron chi connectivity index (χ2n) is 5.50. The van der Waals surface area contributed by atoms with Gasteiger partial charge in [-0.2, -0.15) is 0 Å². The Bertz CT molecular complexity index is 157. The second kappa shape index (κ2) is 6.49. The van der Waals surface area contributed by atoms with Crippen molar-refractivity contribution in [2.24, 2.45) is 11.8 Å². The normalized spacial score (nSPS) is 20.4. The van der Waals surface area contributed by atoms with Crippen molar-refractivity contribution in [3.63, 3.8) is 0 Å². The highest BCUT2D eigenvalue weighted by molar-refractivity contribution is 4.74. The molecule has 1 saturated heterocycles. The Morgan fingerprint density at radius 2 is 1.73 bits per heavy atom. The fourth-order valence-corrected chi connectivity index (χ4v) is 2.11. The van der Waals surface area contributed by atoms with Crippen molar-refractivity contribution in [3.05, 3.63) is 0 Å². The first-order valence-electron chi connectivity index (χ1n) is 6.41. The average Bonchev–Trinajstić information content (AvgIpc) is 2.18. The molecule has 1 aliphatic heterocycles. The van der Waals surface area contributed by atoms with Crippen molar-refractivity contribution in [1.82, 2.24) is 4.90 Å². The standard InChI is InChI=1S/C13H27NO/c1-11(2)9-15-10-13-5-7-14(8-6-13)12(3)4/h11-13H,5-10H2,1-4H3. The summed E-state index contributed by atoms with van der Waals surface area (Å²) in [6, 6.07) is 0.711. The molecule has 0 spiro atoms. The predicted octanol–water partition coefficient (Wildman–Crippen LogP) is 2.78. The molecule has 0 amide bonds. The highest BCUT2D eigenvalue weighted by atomic mass is 16.5. The third-order valence-corrected chi connectivity index (χ3v) is 3.18. The van der Waals surface area contributed by atoms with Crippen molar-refractivity contribution < 1.29 is 4.74 Å². The molecule has 0 aromatic rings. The van der Waals surface area contributed by atoms with Crippen molar-refractivity contribution in [2.75, 3.05) is 26.3 Å². The number of hydrogen-bond acceptors (Lipinski definition) is 2. The largest absolute Gasteiger partial charge is 0.381 e. The molecule has 1 aliphatic rings. The molecule has 1 heterocycles. The van der Waals surface area contributed by atoms with Crippen LogP contribution in [-0.4, -0.2) is 37.2 Å². The third-order valence-electron chi connectivity index (χ3n) is 3.18. The van der Waals surface area contributed by atoms with Gasteiger partial charge in [-0.1, -0.05) is 13.8 Å². The summed E-state index contributed by atoms with van der Waals surface area (Å²) in [6.07, 6.45) is 2.63. The van der Waals surface area contributed by atoms with Gasteiger partial charge >= 0.3 is 0 Å². The Morgan fingerprint density at radius 1 is 1.13 bits per heavy atom. The van der Waals surface area contributed by atoms with Crippen molar-refractivity contribution in [2.45, 2.75) is 46.6 Å². The van der Waals surface area contributed by atoms with Crippen LogP contribution in [0.4, 0.5) is 0 Å². The lowest BCUT2D eigenvalue weighted by atomic mass is 9.97. The quantitative estimate of drug-likeness (QED) is 0.696. The van der Waals surface area contributed by atoms with Crippen molar-refractivity contribution in [1.29, 1.82) is 0 Å². The molecule has 0 atom stereocenters. The Hall–Kier alpha value is -0.0800. The molecular formula is C13H27NO. The molecule has 0 aromatic heterocycles. The first kappa shape index (κ1) is 13.0. The zero-order chi connectivity index (χ0) is 11.3. The Morgan fingerprint density at radius 3 is 2.20 bits per heavy atom. The average molecular weight is 213 g/mol. The van der Waals surface area contributed by atoms with E-state index in [9.17, 15) is 0 Å². The van der Waals surface area contributed by atoms with Crippen LogP contribution in [0.25, 0.3) is 0 Å². The van der Waals surface area contributed by atoms with Gasteiger partial charge in [0, 0.05) is 19.3 Å². The molecule has 2 heteroatoms. The fraction of sp³-hybridized carbons (Fsp3) is 1.00. The number of rotatable bonds is 5. The van der Waals surface area contributed by atoms with E-state index >= 15 is 0 Å². The molecule has 15 heavy (non-hydrogen) atoms. The summed E-state index contributed by atoms with van der Waals surface area (Å²) in [7, 11) is 0. The van der Waals surface area contributed by atoms with Gasteiger partial charge in [0.15, 0.2) is 0 Å². The van der Waals surface area contributed by atoms with Gasteiger partial charge in [-0.3, -0.25) is 0 Å². The summed E-state index contributed by atoms with van der Waals surface area (Å²) in [4.78, 5) is 2.57. The van der Waals surface area contributed by atoms with Crippen molar-refractivity contribution >= 4 is 0 Å². The molecule has 0 radical (unpaired) electrons. The summed E-state index contributed by atoms with van der Waals surface area (Å²) in [5, 5.41) is 0. The molecule has 0 saturated carbocycles. The van der Waals surface area contributed by atoms with Gasteiger partial charge in [-0.15, -0.1) is 0 Å². The first-order chi connectivity index (χ1) is 7.09. The zero-order valence-corrected chi connectivity index (χ0v) is 10.8. The van der Waals surface area contributed by atoms with Crippen LogP contribution in [0.15, 0.2) is 0 Å². The number of nitrogens with zero attached hydrogens (tertiary/aromatic N) is 1. The van der Waals surface area contributed by atoms with E-state index < -0.39 is 0 Å². The van der Waals surface area contributed by atoms with E-state index in [4.69, 9.17) is 4.74 Å². The van der Waals surface area contributed by atoms with Gasteiger partial charge < -0.3 is 9.64 Å². The van der Waals surface area contributed by atoms with Crippen LogP contribution >= 0.6 is 0 Å². The molecule has 0 N–H and O–H groups in total. The Kier molecular flexibility index (Phi) is 5.62. The number of hydrogen-bond donors (Lipinski definition) is 0. The minimum Gasteiger partial charge on any atom is -0.381 e. The van der Waals surface area contributed by atoms with Crippen LogP contribution in [-0.2, 0) is 4.74 Å². The van der Waals surface area contributed by atoms with Crippen LogP contribution in [0, 0.1) is 11.8 Å². The van der Waals surface area contributed by atoms with E-state index in [1.807, 2.05) is 0 Å². The lowest BCUT2D eigenvalue weighted by Crippen LogP contribution is -2.39. The van der Waals surface area contributed by atoms with E-state index in [1.54, 1.807) is 0 Å². The van der Waals surface area contributed by atoms with Crippen LogP contribution in [0.2, 0.25) is 0 Å². The second-order valence-corrected chi connectivity index (χ2v) is 5.50. The zero-order valence-electron chi connectivity index (χ0n) is 10.8. The van der Waals surface area contributed by atoms with Gasteiger partial charge in [-0.05, 0) is 51.6 Å². The van der Waals surface area contributed by atoms with Crippen LogP contribution in [0.3, 0.4) is 0 Å². The maximum Gasteiger partial charge on any atom is 0.0495 e. The summed E-state index contributed by atoms with van der Waals surface area (Å²) < 4.78 is 5.71. The Labute approximate surface area is 95.0 Å². The lowest BCUT2D eigenvalue weighted by molar-refractivity contribution is 0.0476. The summed E-state index contributed by atoms with van der Waals surface area (Å²) >= 11 is 0. The highest BCUT2D eigenvalue weighted by Crippen LogP contribution is 2.19. The summed E-state index contributed by atoms with van der Waals surface area (Å²) in [5.74, 6) is 1.47. The summed E-state index contributed by atoms with van der Waals surface area (Å²) in [6.45, 7) is 13.4. The molecule has 90 valence electrons. The maximum atomic E-state index is 5.71. The third kappa shape index (κ3) is 4.98. The van der Waals surface area contributed by atoms with Crippen LogP contribution in [0.5, 0.6) is 0 Å². The molecule has 0 bridgehead atoms. The van der Waals surface area contributed by atoms with E-state index in [0.29, 0.717) is 12.0 Å². The highest BCUT2D eigenvalue weighted by Gasteiger charge is 2.20. The van der Waals surface area contributed by atoms with Gasteiger partial charge in [0.2, 0.25) is 0 Å². The maximum absolute atomic E-state index is 5.71. The van der Waals surface area contributed by atoms with Gasteiger partial charge in [-0.25, -0.2) is 0 Å². The first-order valence-corrected chi connectivity index (χ1v) is 6.41. The number of piperidine rings is 1.